The van der Waals surface area contributed by atoms with Crippen molar-refractivity contribution < 1.29 is 35.3 Å². The van der Waals surface area contributed by atoms with Crippen LogP contribution in [0, 0.1) is 11.8 Å². The molecule has 6 nitrogen and oxygen atoms in total. The molecule has 1 saturated heterocycles. The van der Waals surface area contributed by atoms with Crippen LogP contribution in [0.3, 0.4) is 0 Å². The van der Waals surface area contributed by atoms with Crippen molar-refractivity contribution in [3.05, 3.63) is 29.8 Å². The summed E-state index contributed by atoms with van der Waals surface area (Å²) in [4.78, 5) is 13.6. The summed E-state index contributed by atoms with van der Waals surface area (Å²) in [5.74, 6) is 5.28. The highest BCUT2D eigenvalue weighted by Crippen LogP contribution is 2.29. The molecule has 0 bridgehead atoms. The van der Waals surface area contributed by atoms with E-state index in [1.807, 2.05) is 0 Å². The first kappa shape index (κ1) is 17.8. The van der Waals surface area contributed by atoms with Crippen molar-refractivity contribution >= 4 is 15.9 Å². The first-order valence-electron chi connectivity index (χ1n) is 7.14. The maximum atomic E-state index is 12.3. The van der Waals surface area contributed by atoms with E-state index in [4.69, 9.17) is 4.74 Å². The van der Waals surface area contributed by atoms with Gasteiger partial charge < -0.3 is 22.0 Å². The van der Waals surface area contributed by atoms with Crippen LogP contribution in [0.1, 0.15) is 10.4 Å². The average Bonchev–Trinajstić information content (AvgIpc) is 2.73. The predicted molar refractivity (Wildman–Crippen MR) is 78.8 cm³/mol. The van der Waals surface area contributed by atoms with Gasteiger partial charge in [0.1, 0.15) is 24.5 Å². The molecule has 124 valence electrons. The summed E-state index contributed by atoms with van der Waals surface area (Å²) in [5.41, 5.74) is 0.225. The Morgan fingerprint density at radius 1 is 1.17 bits per heavy atom. The topological polar surface area (TPSA) is 68.1 Å². The number of benzene rings is 1. The highest BCUT2D eigenvalue weighted by Gasteiger charge is 2.40. The summed E-state index contributed by atoms with van der Waals surface area (Å²) in [6, 6.07) is 6.25. The molecule has 0 saturated carbocycles. The van der Waals surface area contributed by atoms with Crippen molar-refractivity contribution in [2.45, 2.75) is 4.90 Å². The second kappa shape index (κ2) is 7.32. The molecule has 2 heterocycles. The van der Waals surface area contributed by atoms with Crippen LogP contribution < -0.4 is 17.3 Å². The van der Waals surface area contributed by atoms with E-state index in [1.165, 1.54) is 17.0 Å². The summed E-state index contributed by atoms with van der Waals surface area (Å²) >= 11 is 0. The minimum Gasteiger partial charge on any atom is -1.00 e. The molecule has 2 aliphatic rings. The number of carbonyl (C=O) groups excluding carboxylic acids is 1. The molecule has 0 unspecified atom stereocenters. The third kappa shape index (κ3) is 3.51. The van der Waals surface area contributed by atoms with Crippen molar-refractivity contribution in [2.75, 3.05) is 39.4 Å². The SMILES string of the molecule is O=C1c2ccccc2S(=O)(=O)N1CC#CC[NH+]1CCOCC1.[Cl-]. The van der Waals surface area contributed by atoms with Crippen LogP contribution in [0.5, 0.6) is 0 Å². The molecule has 0 aliphatic carbocycles. The van der Waals surface area contributed by atoms with Gasteiger partial charge in [-0.2, -0.15) is 0 Å². The Balaban J connectivity index is 0.00000192. The van der Waals surface area contributed by atoms with Crippen LogP contribution in [0.4, 0.5) is 0 Å². The number of nitrogens with one attached hydrogen (secondary N) is 1. The molecule has 1 fully saturated rings. The van der Waals surface area contributed by atoms with E-state index >= 15 is 0 Å². The smallest absolute Gasteiger partial charge is 0.269 e. The Bertz CT molecular complexity index is 748. The van der Waals surface area contributed by atoms with Crippen LogP contribution in [0.15, 0.2) is 29.2 Å². The molecule has 1 amide bonds. The highest BCUT2D eigenvalue weighted by atomic mass is 35.5. The molecule has 8 heteroatoms. The number of carbonyl (C=O) groups is 1. The van der Waals surface area contributed by atoms with Gasteiger partial charge in [-0.05, 0) is 18.1 Å². The molecule has 0 radical (unpaired) electrons. The van der Waals surface area contributed by atoms with Gasteiger partial charge in [-0.3, -0.25) is 4.79 Å². The van der Waals surface area contributed by atoms with Gasteiger partial charge in [-0.1, -0.05) is 18.1 Å². The molecule has 2 aliphatic heterocycles. The van der Waals surface area contributed by atoms with E-state index < -0.39 is 15.9 Å². The number of sulfonamides is 1. The minimum absolute atomic E-state index is 0. The normalized spacial score (nSPS) is 19.5. The largest absolute Gasteiger partial charge is 1.00 e. The van der Waals surface area contributed by atoms with Crippen LogP contribution >= 0.6 is 0 Å². The highest BCUT2D eigenvalue weighted by molar-refractivity contribution is 7.90. The second-order valence-corrected chi connectivity index (χ2v) is 7.04. The first-order chi connectivity index (χ1) is 10.6. The fourth-order valence-corrected chi connectivity index (χ4v) is 4.01. The lowest BCUT2D eigenvalue weighted by Gasteiger charge is -2.21. The van der Waals surface area contributed by atoms with Gasteiger partial charge >= 0.3 is 0 Å². The Kier molecular flexibility index (Phi) is 5.65. The standard InChI is InChI=1S/C15H16N2O4S.ClH/c18-15-13-5-1-2-6-14(13)22(19,20)17(15)8-4-3-7-16-9-11-21-12-10-16;/h1-2,5-6H,7-12H2;1H. The van der Waals surface area contributed by atoms with Crippen LogP contribution in [-0.2, 0) is 14.8 Å². The Hall–Kier alpha value is -1.59. The summed E-state index contributed by atoms with van der Waals surface area (Å²) in [6.07, 6.45) is 0. The van der Waals surface area contributed by atoms with E-state index in [-0.39, 0.29) is 29.4 Å². The predicted octanol–water partition coefficient (Wildman–Crippen LogP) is -4.25. The van der Waals surface area contributed by atoms with E-state index in [2.05, 4.69) is 11.8 Å². The molecular formula is C15H17ClN2O4S. The lowest BCUT2D eigenvalue weighted by atomic mass is 10.2. The van der Waals surface area contributed by atoms with Gasteiger partial charge in [0, 0.05) is 0 Å². The molecule has 3 rings (SSSR count). The number of fused-ring (bicyclic) bond motifs is 1. The fourth-order valence-electron chi connectivity index (χ4n) is 2.54. The fraction of sp³-hybridized carbons (Fsp3) is 0.400. The lowest BCUT2D eigenvalue weighted by Crippen LogP contribution is -3.14. The molecule has 1 N–H and O–H groups in total. The minimum atomic E-state index is -3.75. The molecule has 1 aromatic carbocycles. The maximum Gasteiger partial charge on any atom is 0.269 e. The van der Waals surface area contributed by atoms with Gasteiger partial charge in [0.25, 0.3) is 15.9 Å². The van der Waals surface area contributed by atoms with Crippen LogP contribution in [-0.4, -0.2) is 58.0 Å². The van der Waals surface area contributed by atoms with Crippen LogP contribution in [0.25, 0.3) is 0 Å². The van der Waals surface area contributed by atoms with Gasteiger partial charge in [0.2, 0.25) is 0 Å². The van der Waals surface area contributed by atoms with E-state index in [1.54, 1.807) is 12.1 Å². The number of rotatable bonds is 2. The molecule has 0 atom stereocenters. The number of hydrogen-bond donors (Lipinski definition) is 1. The Labute approximate surface area is 141 Å². The zero-order chi connectivity index (χ0) is 15.6. The van der Waals surface area contributed by atoms with Gasteiger partial charge in [-0.15, -0.1) is 0 Å². The number of halogens is 1. The molecule has 0 spiro atoms. The van der Waals surface area contributed by atoms with Crippen molar-refractivity contribution in [3.63, 3.8) is 0 Å². The van der Waals surface area contributed by atoms with Crippen molar-refractivity contribution in [1.29, 1.82) is 0 Å². The summed E-state index contributed by atoms with van der Waals surface area (Å²) < 4.78 is 30.7. The van der Waals surface area contributed by atoms with Gasteiger partial charge in [0.05, 0.1) is 25.3 Å². The Morgan fingerprint density at radius 3 is 2.57 bits per heavy atom. The third-order valence-corrected chi connectivity index (χ3v) is 5.58. The average molecular weight is 357 g/mol. The Morgan fingerprint density at radius 2 is 1.87 bits per heavy atom. The first-order valence-corrected chi connectivity index (χ1v) is 8.58. The quantitative estimate of drug-likeness (QED) is 0.545. The number of nitrogens with zero attached hydrogens (tertiary/aromatic N) is 1. The maximum absolute atomic E-state index is 12.3. The second-order valence-electron chi connectivity index (χ2n) is 5.21. The molecule has 1 aromatic rings. The molecular weight excluding hydrogens is 340 g/mol. The van der Waals surface area contributed by atoms with Gasteiger partial charge in [-0.25, -0.2) is 12.7 Å². The van der Waals surface area contributed by atoms with Crippen molar-refractivity contribution in [3.8, 4) is 11.8 Å². The number of morpholine rings is 1. The van der Waals surface area contributed by atoms with Crippen molar-refractivity contribution in [1.82, 2.24) is 4.31 Å². The van der Waals surface area contributed by atoms with E-state index in [0.717, 1.165) is 30.6 Å². The summed E-state index contributed by atoms with van der Waals surface area (Å²) in [5, 5.41) is 0. The number of hydrogen-bond acceptors (Lipinski definition) is 4. The third-order valence-electron chi connectivity index (χ3n) is 3.80. The summed E-state index contributed by atoms with van der Waals surface area (Å²) in [6.45, 7) is 3.80. The van der Waals surface area contributed by atoms with E-state index in [0.29, 0.717) is 6.54 Å². The van der Waals surface area contributed by atoms with Gasteiger partial charge in [0.15, 0.2) is 0 Å². The molecule has 23 heavy (non-hydrogen) atoms. The zero-order valence-corrected chi connectivity index (χ0v) is 14.0. The summed E-state index contributed by atoms with van der Waals surface area (Å²) in [7, 11) is -3.75. The number of quaternary nitrogens is 1. The van der Waals surface area contributed by atoms with Crippen LogP contribution in [0.2, 0.25) is 0 Å². The van der Waals surface area contributed by atoms with E-state index in [9.17, 15) is 13.2 Å². The zero-order valence-electron chi connectivity index (χ0n) is 12.4. The lowest BCUT2D eigenvalue weighted by molar-refractivity contribution is -0.900. The molecule has 0 aromatic heterocycles. The monoisotopic (exact) mass is 356 g/mol. The van der Waals surface area contributed by atoms with Crippen molar-refractivity contribution in [2.24, 2.45) is 0 Å². The number of amides is 1. The number of ether oxygens (including phenoxy) is 1.